The number of hydrazine groups is 1. The first-order chi connectivity index (χ1) is 14.7. The number of nitrogens with two attached hydrogens (primary N) is 1. The van der Waals surface area contributed by atoms with Gasteiger partial charge in [0.1, 0.15) is 17.5 Å². The summed E-state index contributed by atoms with van der Waals surface area (Å²) < 4.78 is 20.1. The molecule has 2 heterocycles. The SMILES string of the molecule is CC(=O)NCC1CN(c2ccc(N3CCC(C#N)(NNC(N)=O)CC3)c(F)c2)C(=O)O1. The number of urea groups is 1. The summed E-state index contributed by atoms with van der Waals surface area (Å²) in [5, 5.41) is 12.1. The van der Waals surface area contributed by atoms with Crippen LogP contribution in [0.4, 0.5) is 25.4 Å². The number of piperidine rings is 1. The maximum atomic E-state index is 14.9. The minimum atomic E-state index is -0.982. The zero-order valence-electron chi connectivity index (χ0n) is 17.0. The van der Waals surface area contributed by atoms with Gasteiger partial charge in [0.2, 0.25) is 5.91 Å². The van der Waals surface area contributed by atoms with Crippen molar-refractivity contribution in [2.24, 2.45) is 5.73 Å². The van der Waals surface area contributed by atoms with Gasteiger partial charge in [-0.05, 0) is 31.0 Å². The van der Waals surface area contributed by atoms with Crippen LogP contribution in [0.3, 0.4) is 0 Å². The first-order valence-electron chi connectivity index (χ1n) is 9.74. The van der Waals surface area contributed by atoms with Gasteiger partial charge in [-0.2, -0.15) is 5.26 Å². The van der Waals surface area contributed by atoms with Crippen LogP contribution in [-0.2, 0) is 9.53 Å². The predicted octanol–water partition coefficient (Wildman–Crippen LogP) is 0.322. The number of nitriles is 1. The van der Waals surface area contributed by atoms with Gasteiger partial charge in [-0.15, -0.1) is 0 Å². The van der Waals surface area contributed by atoms with Crippen molar-refractivity contribution < 1.29 is 23.5 Å². The number of benzene rings is 1. The third kappa shape index (κ3) is 5.13. The minimum absolute atomic E-state index is 0.186. The molecule has 0 aliphatic carbocycles. The van der Waals surface area contributed by atoms with E-state index >= 15 is 0 Å². The van der Waals surface area contributed by atoms with Crippen molar-refractivity contribution in [2.75, 3.05) is 36.0 Å². The number of hydrogen-bond donors (Lipinski definition) is 4. The lowest BCUT2D eigenvalue weighted by atomic mass is 9.89. The number of amides is 4. The molecule has 3 rings (SSSR count). The molecule has 1 atom stereocenters. The Bertz CT molecular complexity index is 911. The molecule has 2 aliphatic heterocycles. The third-order valence-corrected chi connectivity index (χ3v) is 5.29. The zero-order chi connectivity index (χ0) is 22.6. The molecular formula is C19H24FN7O4. The Hall–Kier alpha value is -3.59. The molecule has 0 radical (unpaired) electrons. The Morgan fingerprint density at radius 1 is 1.39 bits per heavy atom. The molecule has 0 aromatic heterocycles. The number of anilines is 2. The average Bonchev–Trinajstić information content (AvgIpc) is 3.12. The van der Waals surface area contributed by atoms with Crippen LogP contribution in [0.25, 0.3) is 0 Å². The van der Waals surface area contributed by atoms with Crippen molar-refractivity contribution in [3.05, 3.63) is 24.0 Å². The molecule has 1 aromatic rings. The summed E-state index contributed by atoms with van der Waals surface area (Å²) in [7, 11) is 0. The molecule has 5 N–H and O–H groups in total. The van der Waals surface area contributed by atoms with Gasteiger partial charge in [-0.25, -0.2) is 19.4 Å². The van der Waals surface area contributed by atoms with Crippen molar-refractivity contribution in [2.45, 2.75) is 31.4 Å². The summed E-state index contributed by atoms with van der Waals surface area (Å²) in [4.78, 5) is 37.2. The highest BCUT2D eigenvalue weighted by molar-refractivity contribution is 5.90. The molecular weight excluding hydrogens is 409 g/mol. The molecule has 0 bridgehead atoms. The van der Waals surface area contributed by atoms with E-state index in [0.29, 0.717) is 37.3 Å². The van der Waals surface area contributed by atoms with Crippen molar-refractivity contribution >= 4 is 29.4 Å². The molecule has 1 unspecified atom stereocenters. The van der Waals surface area contributed by atoms with Gasteiger partial charge in [-0.3, -0.25) is 15.1 Å². The fourth-order valence-electron chi connectivity index (χ4n) is 3.59. The summed E-state index contributed by atoms with van der Waals surface area (Å²) in [6.45, 7) is 2.51. The summed E-state index contributed by atoms with van der Waals surface area (Å²) >= 11 is 0. The molecule has 0 spiro atoms. The number of primary amides is 1. The van der Waals surface area contributed by atoms with Crippen LogP contribution in [0, 0.1) is 17.1 Å². The molecule has 1 aromatic carbocycles. The van der Waals surface area contributed by atoms with Gasteiger partial charge in [0.25, 0.3) is 0 Å². The van der Waals surface area contributed by atoms with Gasteiger partial charge >= 0.3 is 12.1 Å². The van der Waals surface area contributed by atoms with Gasteiger partial charge in [-0.1, -0.05) is 0 Å². The third-order valence-electron chi connectivity index (χ3n) is 5.29. The van der Waals surface area contributed by atoms with E-state index in [0.717, 1.165) is 0 Å². The maximum absolute atomic E-state index is 14.9. The van der Waals surface area contributed by atoms with E-state index in [1.807, 2.05) is 0 Å². The summed E-state index contributed by atoms with van der Waals surface area (Å²) in [5.74, 6) is -0.740. The van der Waals surface area contributed by atoms with Gasteiger partial charge in [0, 0.05) is 20.0 Å². The number of ether oxygens (including phenoxy) is 1. The fourth-order valence-corrected chi connectivity index (χ4v) is 3.59. The Labute approximate surface area is 178 Å². The highest BCUT2D eigenvalue weighted by Gasteiger charge is 2.36. The normalized spacial score (nSPS) is 20.0. The molecule has 2 aliphatic rings. The highest BCUT2D eigenvalue weighted by Crippen LogP contribution is 2.31. The summed E-state index contributed by atoms with van der Waals surface area (Å²) in [6, 6.07) is 5.81. The second kappa shape index (κ2) is 9.05. The van der Waals surface area contributed by atoms with E-state index in [4.69, 9.17) is 10.5 Å². The molecule has 2 saturated heterocycles. The largest absolute Gasteiger partial charge is 0.442 e. The Kier molecular flexibility index (Phi) is 6.45. The number of cyclic esters (lactones) is 1. The van der Waals surface area contributed by atoms with E-state index in [-0.39, 0.29) is 19.0 Å². The van der Waals surface area contributed by atoms with Crippen LogP contribution >= 0.6 is 0 Å². The summed E-state index contributed by atoms with van der Waals surface area (Å²) in [6.07, 6.45) is -0.433. The first-order valence-corrected chi connectivity index (χ1v) is 9.74. The quantitative estimate of drug-likeness (QED) is 0.471. The molecule has 4 amide bonds. The number of nitrogens with one attached hydrogen (secondary N) is 3. The second-order valence-corrected chi connectivity index (χ2v) is 7.48. The van der Waals surface area contributed by atoms with E-state index in [1.165, 1.54) is 17.9 Å². The lowest BCUT2D eigenvalue weighted by Crippen LogP contribution is -2.59. The van der Waals surface area contributed by atoms with Crippen LogP contribution in [-0.4, -0.2) is 55.9 Å². The highest BCUT2D eigenvalue weighted by atomic mass is 19.1. The smallest absolute Gasteiger partial charge is 0.414 e. The predicted molar refractivity (Wildman–Crippen MR) is 108 cm³/mol. The molecule has 0 saturated carbocycles. The van der Waals surface area contributed by atoms with Crippen LogP contribution in [0.15, 0.2) is 18.2 Å². The summed E-state index contributed by atoms with van der Waals surface area (Å²) in [5.41, 5.74) is 9.65. The number of nitrogens with zero attached hydrogens (tertiary/aromatic N) is 3. The molecule has 31 heavy (non-hydrogen) atoms. The minimum Gasteiger partial charge on any atom is -0.442 e. The lowest BCUT2D eigenvalue weighted by Gasteiger charge is -2.38. The standard InChI is InChI=1S/C19H24FN7O4/c1-12(28)23-9-14-10-27(18(30)31-14)13-2-3-16(15(20)8-13)26-6-4-19(11-21,5-7-26)25-24-17(22)29/h2-3,8,14,25H,4-7,9-10H2,1H3,(H,23,28)(H3,22,24,29). The number of carbonyl (C=O) groups is 3. The van der Waals surface area contributed by atoms with Crippen LogP contribution in [0.2, 0.25) is 0 Å². The monoisotopic (exact) mass is 433 g/mol. The Balaban J connectivity index is 1.64. The van der Waals surface area contributed by atoms with Crippen molar-refractivity contribution in [3.8, 4) is 6.07 Å². The Morgan fingerprint density at radius 2 is 2.10 bits per heavy atom. The van der Waals surface area contributed by atoms with Crippen molar-refractivity contribution in [3.63, 3.8) is 0 Å². The molecule has 11 nitrogen and oxygen atoms in total. The second-order valence-electron chi connectivity index (χ2n) is 7.48. The van der Waals surface area contributed by atoms with Crippen LogP contribution < -0.4 is 31.7 Å². The van der Waals surface area contributed by atoms with E-state index in [2.05, 4.69) is 22.2 Å². The van der Waals surface area contributed by atoms with Gasteiger partial charge < -0.3 is 20.7 Å². The number of halogens is 1. The fraction of sp³-hybridized carbons (Fsp3) is 0.474. The first kappa shape index (κ1) is 22.1. The van der Waals surface area contributed by atoms with Crippen LogP contribution in [0.1, 0.15) is 19.8 Å². The average molecular weight is 433 g/mol. The number of hydrogen-bond acceptors (Lipinski definition) is 7. The number of rotatable bonds is 6. The van der Waals surface area contributed by atoms with E-state index in [9.17, 15) is 24.0 Å². The zero-order valence-corrected chi connectivity index (χ0v) is 17.0. The topological polar surface area (TPSA) is 153 Å². The Morgan fingerprint density at radius 3 is 2.68 bits per heavy atom. The molecule has 166 valence electrons. The van der Waals surface area contributed by atoms with E-state index in [1.54, 1.807) is 17.0 Å². The van der Waals surface area contributed by atoms with Crippen LogP contribution in [0.5, 0.6) is 0 Å². The maximum Gasteiger partial charge on any atom is 0.414 e. The molecule has 12 heteroatoms. The van der Waals surface area contributed by atoms with Crippen molar-refractivity contribution in [1.82, 2.24) is 16.2 Å². The lowest BCUT2D eigenvalue weighted by molar-refractivity contribution is -0.119. The van der Waals surface area contributed by atoms with Crippen molar-refractivity contribution in [1.29, 1.82) is 5.26 Å². The van der Waals surface area contributed by atoms with E-state index < -0.39 is 29.6 Å². The number of carbonyl (C=O) groups excluding carboxylic acids is 3. The molecule has 2 fully saturated rings. The van der Waals surface area contributed by atoms with Gasteiger partial charge in [0.05, 0.1) is 30.5 Å². The van der Waals surface area contributed by atoms with Gasteiger partial charge in [0.15, 0.2) is 0 Å².